The second-order valence-corrected chi connectivity index (χ2v) is 5.60. The highest BCUT2D eigenvalue weighted by Gasteiger charge is 2.31. The van der Waals surface area contributed by atoms with Gasteiger partial charge in [0.15, 0.2) is 6.10 Å². The fraction of sp³-hybridized carbons (Fsp3) is 0.471. The molecule has 1 saturated heterocycles. The van der Waals surface area contributed by atoms with Gasteiger partial charge in [-0.25, -0.2) is 0 Å². The third-order valence-electron chi connectivity index (χ3n) is 3.84. The molecule has 1 amide bonds. The molecule has 7 nitrogen and oxygen atoms in total. The number of nitriles is 1. The number of amides is 1. The summed E-state index contributed by atoms with van der Waals surface area (Å²) in [6.07, 6.45) is 0.367. The molecule has 1 aliphatic heterocycles. The van der Waals surface area contributed by atoms with Gasteiger partial charge in [-0.2, -0.15) is 5.26 Å². The van der Waals surface area contributed by atoms with E-state index in [4.69, 9.17) is 19.8 Å². The number of aliphatic carboxylic acids is 1. The van der Waals surface area contributed by atoms with Gasteiger partial charge in [0.1, 0.15) is 12.3 Å². The van der Waals surface area contributed by atoms with Gasteiger partial charge in [0.25, 0.3) is 5.91 Å². The minimum atomic E-state index is -1.06. The Morgan fingerprint density at radius 1 is 1.46 bits per heavy atom. The Hall–Kier alpha value is -2.59. The van der Waals surface area contributed by atoms with Gasteiger partial charge in [-0.15, -0.1) is 0 Å². The summed E-state index contributed by atoms with van der Waals surface area (Å²) in [5.41, 5.74) is 0.430. The molecule has 1 atom stereocenters. The highest BCUT2D eigenvalue weighted by molar-refractivity contribution is 5.85. The van der Waals surface area contributed by atoms with Crippen molar-refractivity contribution in [3.05, 3.63) is 29.8 Å². The lowest BCUT2D eigenvalue weighted by atomic mass is 10.1. The van der Waals surface area contributed by atoms with Crippen molar-refractivity contribution in [2.45, 2.75) is 31.9 Å². The summed E-state index contributed by atoms with van der Waals surface area (Å²) < 4.78 is 10.9. The van der Waals surface area contributed by atoms with E-state index in [-0.39, 0.29) is 18.5 Å². The van der Waals surface area contributed by atoms with Crippen molar-refractivity contribution in [3.63, 3.8) is 0 Å². The van der Waals surface area contributed by atoms with Gasteiger partial charge < -0.3 is 19.5 Å². The van der Waals surface area contributed by atoms with Crippen LogP contribution in [0.3, 0.4) is 0 Å². The summed E-state index contributed by atoms with van der Waals surface area (Å²) in [4.78, 5) is 25.1. The van der Waals surface area contributed by atoms with Gasteiger partial charge in [0.05, 0.1) is 11.6 Å². The van der Waals surface area contributed by atoms with Crippen LogP contribution in [0.2, 0.25) is 0 Å². The summed E-state index contributed by atoms with van der Waals surface area (Å²) >= 11 is 0. The molecule has 128 valence electrons. The van der Waals surface area contributed by atoms with Crippen LogP contribution in [0.4, 0.5) is 0 Å². The predicted octanol–water partition coefficient (Wildman–Crippen LogP) is 1.42. The van der Waals surface area contributed by atoms with E-state index in [0.717, 1.165) is 0 Å². The van der Waals surface area contributed by atoms with E-state index in [1.54, 1.807) is 31.2 Å². The number of carbonyl (C=O) groups is 2. The number of carboxylic acid groups (broad SMARTS) is 1. The minimum Gasteiger partial charge on any atom is -0.481 e. The Morgan fingerprint density at radius 2 is 2.17 bits per heavy atom. The van der Waals surface area contributed by atoms with Crippen molar-refractivity contribution >= 4 is 11.9 Å². The molecule has 0 saturated carbocycles. The average Bonchev–Trinajstić information content (AvgIpc) is 2.59. The lowest BCUT2D eigenvalue weighted by Crippen LogP contribution is -2.50. The molecule has 1 heterocycles. The Morgan fingerprint density at radius 3 is 2.79 bits per heavy atom. The molecule has 1 aliphatic rings. The maximum absolute atomic E-state index is 12.7. The third-order valence-corrected chi connectivity index (χ3v) is 3.84. The number of ether oxygens (including phenoxy) is 2. The van der Waals surface area contributed by atoms with Crippen LogP contribution in [0.25, 0.3) is 0 Å². The number of carbonyl (C=O) groups excluding carboxylic acids is 1. The standard InChI is InChI=1S/C17H20N2O5/c1-12(24-15-4-2-3-13(9-15)10-18)17(22)19(11-16(20)21)14-5-7-23-8-6-14/h2-4,9,12,14H,5-8,11H2,1H3,(H,20,21). The van der Waals surface area contributed by atoms with Crippen molar-refractivity contribution in [3.8, 4) is 11.8 Å². The number of hydrogen-bond acceptors (Lipinski definition) is 5. The molecule has 1 aromatic rings. The van der Waals surface area contributed by atoms with Crippen LogP contribution in [0, 0.1) is 11.3 Å². The van der Waals surface area contributed by atoms with Crippen molar-refractivity contribution in [1.29, 1.82) is 5.26 Å². The molecular formula is C17H20N2O5. The fourth-order valence-corrected chi connectivity index (χ4v) is 2.66. The quantitative estimate of drug-likeness (QED) is 0.845. The number of nitrogens with zero attached hydrogens (tertiary/aromatic N) is 2. The maximum atomic E-state index is 12.7. The Balaban J connectivity index is 2.09. The average molecular weight is 332 g/mol. The first-order chi connectivity index (χ1) is 11.5. The smallest absolute Gasteiger partial charge is 0.323 e. The van der Waals surface area contributed by atoms with Crippen LogP contribution in [0.15, 0.2) is 24.3 Å². The molecule has 1 N–H and O–H groups in total. The van der Waals surface area contributed by atoms with E-state index in [0.29, 0.717) is 37.4 Å². The zero-order valence-corrected chi connectivity index (χ0v) is 13.5. The van der Waals surface area contributed by atoms with Crippen LogP contribution >= 0.6 is 0 Å². The number of benzene rings is 1. The van der Waals surface area contributed by atoms with Crippen molar-refractivity contribution in [2.24, 2.45) is 0 Å². The molecule has 0 aromatic heterocycles. The fourth-order valence-electron chi connectivity index (χ4n) is 2.66. The molecule has 24 heavy (non-hydrogen) atoms. The SMILES string of the molecule is CC(Oc1cccc(C#N)c1)C(=O)N(CC(=O)O)C1CCOCC1. The van der Waals surface area contributed by atoms with E-state index >= 15 is 0 Å². The second-order valence-electron chi connectivity index (χ2n) is 5.60. The molecule has 2 rings (SSSR count). The molecule has 1 unspecified atom stereocenters. The maximum Gasteiger partial charge on any atom is 0.323 e. The Labute approximate surface area is 140 Å². The van der Waals surface area contributed by atoms with Gasteiger partial charge in [-0.1, -0.05) is 6.07 Å². The first kappa shape index (κ1) is 17.8. The van der Waals surface area contributed by atoms with Gasteiger partial charge in [0.2, 0.25) is 0 Å². The minimum absolute atomic E-state index is 0.168. The van der Waals surface area contributed by atoms with E-state index < -0.39 is 12.1 Å². The van der Waals surface area contributed by atoms with Crippen molar-refractivity contribution in [2.75, 3.05) is 19.8 Å². The number of hydrogen-bond donors (Lipinski definition) is 1. The second kappa shape index (κ2) is 8.31. The molecule has 1 aromatic carbocycles. The lowest BCUT2D eigenvalue weighted by molar-refractivity contribution is -0.151. The molecule has 0 spiro atoms. The van der Waals surface area contributed by atoms with Crippen molar-refractivity contribution < 1.29 is 24.2 Å². The highest BCUT2D eigenvalue weighted by atomic mass is 16.5. The zero-order chi connectivity index (χ0) is 17.5. The van der Waals surface area contributed by atoms with Gasteiger partial charge in [0, 0.05) is 19.3 Å². The molecule has 0 bridgehead atoms. The number of carboxylic acids is 1. The largest absolute Gasteiger partial charge is 0.481 e. The molecule has 7 heteroatoms. The molecular weight excluding hydrogens is 312 g/mol. The van der Waals surface area contributed by atoms with E-state index in [2.05, 4.69) is 0 Å². The zero-order valence-electron chi connectivity index (χ0n) is 13.5. The summed E-state index contributed by atoms with van der Waals surface area (Å²) in [6.45, 7) is 2.23. The molecule has 0 aliphatic carbocycles. The lowest BCUT2D eigenvalue weighted by Gasteiger charge is -2.34. The summed E-state index contributed by atoms with van der Waals surface area (Å²) in [5.74, 6) is -1.04. The first-order valence-electron chi connectivity index (χ1n) is 7.78. The monoisotopic (exact) mass is 332 g/mol. The van der Waals surface area contributed by atoms with Gasteiger partial charge in [-0.3, -0.25) is 9.59 Å². The van der Waals surface area contributed by atoms with Crippen LogP contribution in [-0.4, -0.2) is 53.8 Å². The Bertz CT molecular complexity index is 634. The summed E-state index contributed by atoms with van der Waals surface area (Å²) in [5, 5.41) is 18.0. The van der Waals surface area contributed by atoms with Crippen LogP contribution in [0.1, 0.15) is 25.3 Å². The van der Waals surface area contributed by atoms with E-state index in [9.17, 15) is 9.59 Å². The third kappa shape index (κ3) is 4.70. The summed E-state index contributed by atoms with van der Waals surface area (Å²) in [6, 6.07) is 8.33. The highest BCUT2D eigenvalue weighted by Crippen LogP contribution is 2.19. The van der Waals surface area contributed by atoms with E-state index in [1.807, 2.05) is 6.07 Å². The Kier molecular flexibility index (Phi) is 6.15. The first-order valence-corrected chi connectivity index (χ1v) is 7.78. The molecule has 1 fully saturated rings. The van der Waals surface area contributed by atoms with Crippen LogP contribution in [-0.2, 0) is 14.3 Å². The summed E-state index contributed by atoms with van der Waals surface area (Å²) in [7, 11) is 0. The number of rotatable bonds is 6. The van der Waals surface area contributed by atoms with Crippen molar-refractivity contribution in [1.82, 2.24) is 4.90 Å². The topological polar surface area (TPSA) is 99.9 Å². The van der Waals surface area contributed by atoms with Gasteiger partial charge >= 0.3 is 5.97 Å². The predicted molar refractivity (Wildman–Crippen MR) is 84.4 cm³/mol. The van der Waals surface area contributed by atoms with Gasteiger partial charge in [-0.05, 0) is 38.0 Å². The molecule has 0 radical (unpaired) electrons. The van der Waals surface area contributed by atoms with E-state index in [1.165, 1.54) is 4.90 Å². The van der Waals surface area contributed by atoms with Crippen LogP contribution in [0.5, 0.6) is 5.75 Å². The normalized spacial score (nSPS) is 16.0. The van der Waals surface area contributed by atoms with Crippen LogP contribution < -0.4 is 4.74 Å².